The average molecular weight is 2150 g/mol. The number of morpholine rings is 6. The highest BCUT2D eigenvalue weighted by molar-refractivity contribution is 9.10. The normalized spacial score (nSPS) is 18.1. The van der Waals surface area contributed by atoms with Gasteiger partial charge < -0.3 is 61.7 Å². The summed E-state index contributed by atoms with van der Waals surface area (Å²) in [6, 6.07) is 57.1. The van der Waals surface area contributed by atoms with Crippen LogP contribution in [0.1, 0.15) is 173 Å². The van der Waals surface area contributed by atoms with Gasteiger partial charge in [0.2, 0.25) is 5.89 Å². The Morgan fingerprint density at radius 1 is 0.503 bits per heavy atom. The average Bonchev–Trinajstić information content (AvgIpc) is 1.18. The second-order valence-electron chi connectivity index (χ2n) is 34.8. The molecule has 0 bridgehead atoms. The first kappa shape index (κ1) is 109. The smallest absolute Gasteiger partial charge is 0.387 e. The number of hydrogen-bond donors (Lipinski definition) is 1. The zero-order chi connectivity index (χ0) is 99.8. The highest BCUT2D eigenvalue weighted by Crippen LogP contribution is 2.37. The Bertz CT molecular complexity index is 6700. The van der Waals surface area contributed by atoms with Crippen molar-refractivity contribution in [2.45, 2.75) is 133 Å². The van der Waals surface area contributed by atoms with Crippen molar-refractivity contribution in [3.05, 3.63) is 332 Å². The van der Waals surface area contributed by atoms with Gasteiger partial charge in [-0.3, -0.25) is 34.2 Å². The van der Waals surface area contributed by atoms with Crippen molar-refractivity contribution in [2.75, 3.05) is 123 Å². The predicted octanol–water partition coefficient (Wildman–Crippen LogP) is 21.0. The number of ether oxygens (including phenoxy) is 8. The SMILES string of the molecule is C.C.Cc1ccc(C(=O)Oc2cccc(C3CN(C(=O)c4ccc(C)s4)CCO3)c2)s1.Cc1ccc(C)c(-c2csc(C3CN(Cc4ccccc4)CCO3)n2)c1.Cc1csc(C2CN(Cc3ccn(C)c(=O)c3)CCO2)n1.Cc1nc(C2CN(C(=O)c3cnc(C)s3)CCO2)n[nH]1.Cc1noc(CN2CCOC(c3nc(-c4ccccc4)cs3)C2)n1.FC(F)Oc1ccc(N2CCOC(c3ccc(Br)cc3)C2)nc1. The number of nitrogens with one attached hydrogen (secondary N) is 1. The van der Waals surface area contributed by atoms with Crippen molar-refractivity contribution >= 4 is 108 Å². The molecule has 10 aromatic heterocycles. The van der Waals surface area contributed by atoms with E-state index in [4.69, 9.17) is 47.6 Å². The molecule has 0 saturated carbocycles. The van der Waals surface area contributed by atoms with E-state index in [-0.39, 0.29) is 80.6 Å². The van der Waals surface area contributed by atoms with E-state index in [0.29, 0.717) is 112 Å². The van der Waals surface area contributed by atoms with Crippen LogP contribution >= 0.6 is 84.0 Å². The number of aryl methyl sites for hydroxylation is 9. The highest BCUT2D eigenvalue weighted by Gasteiger charge is 2.34. The largest absolute Gasteiger partial charge is 0.433 e. The number of thiophene rings is 2. The molecular weight excluding hydrogens is 2030 g/mol. The summed E-state index contributed by atoms with van der Waals surface area (Å²) in [6.45, 7) is 27.7. The molecule has 0 aliphatic carbocycles. The van der Waals surface area contributed by atoms with Crippen LogP contribution in [0.15, 0.2) is 224 Å². The Morgan fingerprint density at radius 3 is 1.68 bits per heavy atom. The molecule has 1 N–H and O–H groups in total. The van der Waals surface area contributed by atoms with Crippen LogP contribution in [0.2, 0.25) is 0 Å². The summed E-state index contributed by atoms with van der Waals surface area (Å²) in [5.74, 6) is 3.57. The maximum absolute atomic E-state index is 12.8. The number of carbonyl (C=O) groups excluding carboxylic acids is 3. The zero-order valence-corrected chi connectivity index (χ0v) is 87.1. The third-order valence-electron chi connectivity index (χ3n) is 23.8. The number of esters is 1. The van der Waals surface area contributed by atoms with Crippen LogP contribution in [0, 0.1) is 55.4 Å². The molecule has 6 atom stereocenters. The Hall–Kier alpha value is -11.6. The van der Waals surface area contributed by atoms with Gasteiger partial charge in [0.25, 0.3) is 17.4 Å². The molecule has 145 heavy (non-hydrogen) atoms. The molecule has 0 spiro atoms. The van der Waals surface area contributed by atoms with Crippen molar-refractivity contribution in [1.29, 1.82) is 0 Å². The summed E-state index contributed by atoms with van der Waals surface area (Å²) >= 11 is 12.8. The molecule has 6 aliphatic heterocycles. The van der Waals surface area contributed by atoms with Crippen LogP contribution in [-0.2, 0) is 55.1 Å². The molecule has 30 nitrogen and oxygen atoms in total. The lowest BCUT2D eigenvalue weighted by atomic mass is 10.0. The number of carbonyl (C=O) groups is 3. The number of halogens is 3. The number of alkyl halides is 2. The number of anilines is 1. The van der Waals surface area contributed by atoms with Crippen molar-refractivity contribution in [2.24, 2.45) is 7.05 Å². The molecule has 21 rings (SSSR count). The summed E-state index contributed by atoms with van der Waals surface area (Å²) in [4.78, 5) is 97.1. The fourth-order valence-electron chi connectivity index (χ4n) is 16.4. The highest BCUT2D eigenvalue weighted by atomic mass is 79.9. The van der Waals surface area contributed by atoms with Crippen molar-refractivity contribution in [1.82, 2.24) is 79.3 Å². The number of hydrogen-bond acceptors (Lipinski definition) is 32. The first-order chi connectivity index (χ1) is 69.3. The van der Waals surface area contributed by atoms with Crippen LogP contribution in [0.5, 0.6) is 11.5 Å². The second-order valence-corrected chi connectivity index (χ2v) is 42.2. The molecule has 764 valence electrons. The number of amides is 2. The lowest BCUT2D eigenvalue weighted by Crippen LogP contribution is -2.42. The summed E-state index contributed by atoms with van der Waals surface area (Å²) in [5, 5.41) is 21.1. The Morgan fingerprint density at radius 2 is 1.09 bits per heavy atom. The summed E-state index contributed by atoms with van der Waals surface area (Å²) < 4.78 is 77.2. The number of aromatic amines is 1. The van der Waals surface area contributed by atoms with Gasteiger partial charge in [0.1, 0.15) is 84.5 Å². The van der Waals surface area contributed by atoms with Gasteiger partial charge in [0.15, 0.2) is 11.6 Å². The van der Waals surface area contributed by atoms with Crippen LogP contribution < -0.4 is 19.9 Å². The monoisotopic (exact) mass is 2150 g/mol. The number of aromatic nitrogens is 11. The third kappa shape index (κ3) is 31.2. The first-order valence-corrected chi connectivity index (χ1v) is 52.8. The molecular formula is C106H120BrF2N17O13S6. The second kappa shape index (κ2) is 53.1. The Balaban J connectivity index is 0.000000138. The maximum Gasteiger partial charge on any atom is 0.387 e. The molecule has 6 fully saturated rings. The number of rotatable bonds is 21. The standard InChI is InChI=1S/C22H24N2OS.C22H21NO4S2.C17H18N4O2S.C16H15BrF2N2O2.C15H19N3O2S.C12H15N5O2S.2CH4/c1-16-8-9-17(2)19(12-16)20-15-26-22(23-20)21-14-24(10-11-25-21)13-18-6-4-3-5-7-18;1-14-6-8-19(28-14)21(24)23-10-11-26-18(13-23)16-4-3-5-17(12-16)27-22(25)20-9-7-15(2)29-20;1-12-18-16(23-20-12)10-21-7-8-22-15(9-21)17-19-14(11-24-17)13-5-3-2-4-6-13;17-12-3-1-11(2-4-12)14-10-21(7-8-22-14)15-6-5-13(9-20-15)23-16(18)19;1-11-10-21-15(16-11)13-9-18(5-6-20-13)8-12-3-4-17(2)14(19)7-12;1-7-14-11(16-15-7)9-6-17(3-4-19-9)12(18)10-5-13-8(2)20-10;;/h3-9,12,15,21H,10-11,13-14H2,1-2H3;3-9,12,18H,10-11,13H2,1-2H3;2-6,11,15H,7-10H2,1H3;1-6,9,14,16H,7-8,10H2;3-4,7,10,13H,5-6,8-9H2,1-2H3;5,9H,3-4,6H2,1-2H3,(H,14,15,16);2*1H4. The number of pyridine rings is 2. The minimum atomic E-state index is -2.84. The molecule has 6 aliphatic rings. The van der Waals surface area contributed by atoms with Gasteiger partial charge in [0, 0.05) is 145 Å². The minimum absolute atomic E-state index is 0. The van der Waals surface area contributed by atoms with Crippen molar-refractivity contribution in [3.8, 4) is 34.0 Å². The minimum Gasteiger partial charge on any atom is -0.433 e. The quantitative estimate of drug-likeness (QED) is 0.0516. The maximum atomic E-state index is 12.8. The number of nitrogens with zero attached hydrogens (tertiary/aromatic N) is 16. The van der Waals surface area contributed by atoms with Gasteiger partial charge in [-0.15, -0.1) is 68.0 Å². The number of benzene rings is 5. The van der Waals surface area contributed by atoms with E-state index in [1.807, 2.05) is 138 Å². The summed E-state index contributed by atoms with van der Waals surface area (Å²) in [7, 11) is 1.77. The molecule has 6 unspecified atom stereocenters. The third-order valence-corrected chi connectivity index (χ3v) is 30.1. The fourth-order valence-corrected chi connectivity index (χ4v) is 21.6. The Labute approximate surface area is 875 Å². The van der Waals surface area contributed by atoms with E-state index in [1.165, 1.54) is 68.5 Å². The number of thiazole rings is 4. The van der Waals surface area contributed by atoms with Gasteiger partial charge in [-0.1, -0.05) is 139 Å². The van der Waals surface area contributed by atoms with E-state index in [2.05, 4.69) is 171 Å². The van der Waals surface area contributed by atoms with E-state index in [9.17, 15) is 28.0 Å². The first-order valence-electron chi connectivity index (χ1n) is 46.9. The predicted molar refractivity (Wildman–Crippen MR) is 567 cm³/mol. The van der Waals surface area contributed by atoms with E-state index >= 15 is 0 Å². The molecule has 16 heterocycles. The molecule has 6 saturated heterocycles. The zero-order valence-electron chi connectivity index (χ0n) is 80.6. The van der Waals surface area contributed by atoms with Crippen LogP contribution in [0.4, 0.5) is 14.6 Å². The van der Waals surface area contributed by atoms with E-state index < -0.39 is 6.61 Å². The molecule has 15 aromatic rings. The van der Waals surface area contributed by atoms with Crippen molar-refractivity contribution in [3.63, 3.8) is 0 Å². The van der Waals surface area contributed by atoms with Crippen molar-refractivity contribution < 1.29 is 65.6 Å². The Kier molecular flexibility index (Phi) is 40.0. The van der Waals surface area contributed by atoms with Gasteiger partial charge >= 0.3 is 12.6 Å². The van der Waals surface area contributed by atoms with Gasteiger partial charge in [-0.2, -0.15) is 18.9 Å². The molecule has 0 radical (unpaired) electrons. The van der Waals surface area contributed by atoms with Gasteiger partial charge in [0.05, 0.1) is 92.9 Å². The van der Waals surface area contributed by atoms with Crippen LogP contribution in [-0.4, -0.2) is 222 Å². The van der Waals surface area contributed by atoms with E-state index in [1.54, 1.807) is 81.0 Å². The van der Waals surface area contributed by atoms with Crippen LogP contribution in [0.25, 0.3) is 22.5 Å². The van der Waals surface area contributed by atoms with Crippen LogP contribution in [0.3, 0.4) is 0 Å². The number of H-pyrrole nitrogens is 1. The van der Waals surface area contributed by atoms with Gasteiger partial charge in [-0.25, -0.2) is 34.7 Å². The lowest BCUT2D eigenvalue weighted by Gasteiger charge is -2.34. The fraction of sp³-hybridized carbons (Fsp3) is 0.368. The molecule has 2 amide bonds. The topological polar surface area (TPSA) is 311 Å². The molecule has 5 aromatic carbocycles. The van der Waals surface area contributed by atoms with Gasteiger partial charge in [-0.05, 0) is 156 Å². The molecule has 39 heteroatoms. The summed E-state index contributed by atoms with van der Waals surface area (Å²) in [6.07, 6.45) is 4.29. The van der Waals surface area contributed by atoms with E-state index in [0.717, 1.165) is 149 Å². The summed E-state index contributed by atoms with van der Waals surface area (Å²) in [5.41, 5.74) is 12.4. The lowest BCUT2D eigenvalue weighted by molar-refractivity contribution is -0.0501.